The van der Waals surface area contributed by atoms with Gasteiger partial charge in [-0.15, -0.1) is 12.6 Å². The number of rotatable bonds is 2. The Morgan fingerprint density at radius 1 is 1.58 bits per heavy atom. The summed E-state index contributed by atoms with van der Waals surface area (Å²) in [4.78, 5) is 11.9. The van der Waals surface area contributed by atoms with Gasteiger partial charge in [-0.2, -0.15) is 0 Å². The van der Waals surface area contributed by atoms with Gasteiger partial charge in [0, 0.05) is 21.9 Å². The minimum Gasteiger partial charge on any atom is -0.294 e. The molecule has 1 aromatic rings. The second-order valence-electron chi connectivity index (χ2n) is 2.44. The number of ketones is 1. The highest BCUT2D eigenvalue weighted by molar-refractivity contribution is 7.80. The van der Waals surface area contributed by atoms with E-state index in [-0.39, 0.29) is 5.78 Å². The highest BCUT2D eigenvalue weighted by Gasteiger charge is 2.06. The summed E-state index contributed by atoms with van der Waals surface area (Å²) in [6, 6.07) is 5.08. The lowest BCUT2D eigenvalue weighted by Crippen LogP contribution is -1.97. The number of halogens is 1. The Balaban J connectivity index is 3.09. The molecule has 0 bridgehead atoms. The fourth-order valence-electron chi connectivity index (χ4n) is 0.931. The zero-order chi connectivity index (χ0) is 9.14. The van der Waals surface area contributed by atoms with E-state index in [2.05, 4.69) is 12.6 Å². The van der Waals surface area contributed by atoms with Crippen molar-refractivity contribution in [3.8, 4) is 0 Å². The molecule has 0 atom stereocenters. The van der Waals surface area contributed by atoms with Gasteiger partial charge in [0.05, 0.1) is 0 Å². The molecule has 0 saturated carbocycles. The Morgan fingerprint density at radius 2 is 2.25 bits per heavy atom. The van der Waals surface area contributed by atoms with Gasteiger partial charge < -0.3 is 0 Å². The molecular weight excluding hydrogens is 192 g/mol. The summed E-state index contributed by atoms with van der Waals surface area (Å²) in [6.45, 7) is 1.82. The number of hydrogen-bond donors (Lipinski definition) is 1. The van der Waals surface area contributed by atoms with Gasteiger partial charge in [0.2, 0.25) is 0 Å². The molecule has 0 radical (unpaired) electrons. The Hall–Kier alpha value is -0.470. The fraction of sp³-hybridized carbons (Fsp3) is 0.222. The molecule has 64 valence electrons. The molecule has 12 heavy (non-hydrogen) atoms. The topological polar surface area (TPSA) is 17.1 Å². The maximum atomic E-state index is 11.3. The Labute approximate surface area is 82.1 Å². The average Bonchev–Trinajstić information content (AvgIpc) is 2.03. The van der Waals surface area contributed by atoms with Crippen molar-refractivity contribution in [1.82, 2.24) is 0 Å². The minimum atomic E-state index is 0.0941. The summed E-state index contributed by atoms with van der Waals surface area (Å²) in [5, 5.41) is 0.604. The smallest absolute Gasteiger partial charge is 0.163 e. The van der Waals surface area contributed by atoms with E-state index in [0.717, 1.165) is 0 Å². The second-order valence-corrected chi connectivity index (χ2v) is 3.36. The molecule has 0 aliphatic carbocycles. The van der Waals surface area contributed by atoms with Crippen molar-refractivity contribution < 1.29 is 4.79 Å². The summed E-state index contributed by atoms with van der Waals surface area (Å²) in [6.07, 6.45) is 0.495. The third-order valence-electron chi connectivity index (χ3n) is 1.58. The van der Waals surface area contributed by atoms with Gasteiger partial charge in [0.15, 0.2) is 5.78 Å². The van der Waals surface area contributed by atoms with Crippen LogP contribution in [0.15, 0.2) is 23.1 Å². The Morgan fingerprint density at radius 3 is 2.75 bits per heavy atom. The first-order chi connectivity index (χ1) is 5.65. The molecule has 1 aromatic carbocycles. The number of benzene rings is 1. The fourth-order valence-corrected chi connectivity index (χ4v) is 1.52. The van der Waals surface area contributed by atoms with E-state index in [4.69, 9.17) is 11.6 Å². The van der Waals surface area contributed by atoms with E-state index in [1.54, 1.807) is 18.2 Å². The summed E-state index contributed by atoms with van der Waals surface area (Å²) < 4.78 is 0. The third kappa shape index (κ3) is 2.02. The van der Waals surface area contributed by atoms with Crippen LogP contribution in [-0.2, 0) is 0 Å². The van der Waals surface area contributed by atoms with Crippen LogP contribution in [0.4, 0.5) is 0 Å². The number of hydrogen-bond acceptors (Lipinski definition) is 2. The average molecular weight is 201 g/mol. The molecule has 0 unspecified atom stereocenters. The van der Waals surface area contributed by atoms with Crippen LogP contribution in [-0.4, -0.2) is 5.78 Å². The maximum absolute atomic E-state index is 11.3. The first-order valence-corrected chi connectivity index (χ1v) is 4.49. The molecule has 0 saturated heterocycles. The lowest BCUT2D eigenvalue weighted by molar-refractivity contribution is 0.0985. The van der Waals surface area contributed by atoms with E-state index in [1.807, 2.05) is 6.92 Å². The Kier molecular flexibility index (Phi) is 3.18. The van der Waals surface area contributed by atoms with Crippen molar-refractivity contribution >= 4 is 30.0 Å². The number of carbonyl (C=O) groups excluding carboxylic acids is 1. The van der Waals surface area contributed by atoms with Crippen LogP contribution in [0.1, 0.15) is 23.7 Å². The predicted octanol–water partition coefficient (Wildman–Crippen LogP) is 3.22. The molecule has 1 rings (SSSR count). The van der Waals surface area contributed by atoms with E-state index >= 15 is 0 Å². The van der Waals surface area contributed by atoms with Gasteiger partial charge in [-0.1, -0.05) is 18.5 Å². The Bertz CT molecular complexity index is 309. The zero-order valence-corrected chi connectivity index (χ0v) is 8.32. The van der Waals surface area contributed by atoms with Crippen LogP contribution >= 0.6 is 24.2 Å². The molecule has 0 fully saturated rings. The summed E-state index contributed by atoms with van der Waals surface area (Å²) in [5.74, 6) is 0.0941. The zero-order valence-electron chi connectivity index (χ0n) is 6.67. The van der Waals surface area contributed by atoms with Crippen molar-refractivity contribution in [2.45, 2.75) is 18.2 Å². The number of carbonyl (C=O) groups is 1. The third-order valence-corrected chi connectivity index (χ3v) is 2.19. The first kappa shape index (κ1) is 9.62. The molecule has 3 heteroatoms. The van der Waals surface area contributed by atoms with Crippen LogP contribution in [0.2, 0.25) is 5.02 Å². The van der Waals surface area contributed by atoms with E-state index < -0.39 is 0 Å². The monoisotopic (exact) mass is 200 g/mol. The molecule has 0 heterocycles. The quantitative estimate of drug-likeness (QED) is 0.573. The van der Waals surface area contributed by atoms with E-state index in [0.29, 0.717) is 21.9 Å². The van der Waals surface area contributed by atoms with E-state index in [9.17, 15) is 4.79 Å². The van der Waals surface area contributed by atoms with Gasteiger partial charge in [0.25, 0.3) is 0 Å². The molecule has 1 nitrogen and oxygen atoms in total. The van der Waals surface area contributed by atoms with Crippen LogP contribution in [0.3, 0.4) is 0 Å². The first-order valence-electron chi connectivity index (χ1n) is 3.67. The van der Waals surface area contributed by atoms with Gasteiger partial charge in [-0.05, 0) is 18.2 Å². The highest BCUT2D eigenvalue weighted by atomic mass is 35.5. The van der Waals surface area contributed by atoms with Crippen molar-refractivity contribution in [2.24, 2.45) is 0 Å². The van der Waals surface area contributed by atoms with Crippen molar-refractivity contribution in [2.75, 3.05) is 0 Å². The molecule has 0 aliphatic heterocycles. The highest BCUT2D eigenvalue weighted by Crippen LogP contribution is 2.20. The molecular formula is C9H9ClOS. The summed E-state index contributed by atoms with van der Waals surface area (Å²) in [5.41, 5.74) is 0.644. The van der Waals surface area contributed by atoms with Crippen LogP contribution in [0.25, 0.3) is 0 Å². The molecule has 0 N–H and O–H groups in total. The largest absolute Gasteiger partial charge is 0.294 e. The van der Waals surface area contributed by atoms with Crippen LogP contribution < -0.4 is 0 Å². The van der Waals surface area contributed by atoms with Gasteiger partial charge in [-0.25, -0.2) is 0 Å². The van der Waals surface area contributed by atoms with Crippen LogP contribution in [0.5, 0.6) is 0 Å². The lowest BCUT2D eigenvalue weighted by atomic mass is 10.1. The lowest BCUT2D eigenvalue weighted by Gasteiger charge is -2.01. The van der Waals surface area contributed by atoms with E-state index in [1.165, 1.54) is 0 Å². The summed E-state index contributed by atoms with van der Waals surface area (Å²) >= 11 is 9.86. The summed E-state index contributed by atoms with van der Waals surface area (Å²) in [7, 11) is 0. The SMILES string of the molecule is CCC(=O)c1ccc(Cl)cc1S. The normalized spacial score (nSPS) is 9.92. The maximum Gasteiger partial charge on any atom is 0.163 e. The molecule has 0 aromatic heterocycles. The van der Waals surface area contributed by atoms with Crippen LogP contribution in [0, 0.1) is 0 Å². The standard InChI is InChI=1S/C9H9ClOS/c1-2-8(11)7-4-3-6(10)5-9(7)12/h3-5,12H,2H2,1H3. The number of thiol groups is 1. The molecule has 0 aliphatic rings. The van der Waals surface area contributed by atoms with Gasteiger partial charge >= 0.3 is 0 Å². The van der Waals surface area contributed by atoms with Crippen molar-refractivity contribution in [3.63, 3.8) is 0 Å². The molecule has 0 spiro atoms. The molecule has 0 amide bonds. The van der Waals surface area contributed by atoms with Gasteiger partial charge in [-0.3, -0.25) is 4.79 Å². The number of Topliss-reactive ketones (excluding diaryl/α,β-unsaturated/α-hetero) is 1. The minimum absolute atomic E-state index is 0.0941. The second kappa shape index (κ2) is 3.97. The van der Waals surface area contributed by atoms with Crippen molar-refractivity contribution in [1.29, 1.82) is 0 Å². The van der Waals surface area contributed by atoms with Gasteiger partial charge in [0.1, 0.15) is 0 Å². The predicted molar refractivity (Wildman–Crippen MR) is 53.3 cm³/mol. The van der Waals surface area contributed by atoms with Crippen molar-refractivity contribution in [3.05, 3.63) is 28.8 Å².